The Morgan fingerprint density at radius 1 is 1.25 bits per heavy atom. The van der Waals surface area contributed by atoms with Gasteiger partial charge in [0, 0.05) is 0 Å². The topological polar surface area (TPSA) is 113 Å². The Kier molecular flexibility index (Phi) is 7.07. The lowest BCUT2D eigenvalue weighted by Crippen LogP contribution is -2.54. The molecule has 1 aliphatic heterocycles. The summed E-state index contributed by atoms with van der Waals surface area (Å²) in [5.74, 6) is 0. The number of ether oxygens (including phenoxy) is 2. The van der Waals surface area contributed by atoms with Crippen LogP contribution in [0.25, 0.3) is 0 Å². The Labute approximate surface area is 92.6 Å². The van der Waals surface area contributed by atoms with E-state index in [-0.39, 0.29) is 18.9 Å². The van der Waals surface area contributed by atoms with Crippen molar-refractivity contribution in [1.29, 1.82) is 0 Å². The monoisotopic (exact) mass is 236 g/mol. The largest absolute Gasteiger partial charge is 0.388 e. The zero-order chi connectivity index (χ0) is 12.7. The van der Waals surface area contributed by atoms with Gasteiger partial charge in [-0.1, -0.05) is 0 Å². The number of aliphatic hydroxyl groups is 3. The predicted molar refractivity (Wildman–Crippen MR) is 49.0 cm³/mol. The van der Waals surface area contributed by atoms with E-state index in [4.69, 9.17) is 24.2 Å². The standard InChI is InChI=1S/C8H16O5.CO2/c1-4(2)13-8-7(11)6(10)5(9)3-12-8;2-1-3/h4-11H,3H2,1-2H3;/t5-,6-,7?,8?;/m0./s1. The third-order valence-corrected chi connectivity index (χ3v) is 1.86. The van der Waals surface area contributed by atoms with Crippen LogP contribution in [0.15, 0.2) is 0 Å². The summed E-state index contributed by atoms with van der Waals surface area (Å²) < 4.78 is 10.2. The summed E-state index contributed by atoms with van der Waals surface area (Å²) in [6.07, 6.45) is -4.12. The van der Waals surface area contributed by atoms with Crippen LogP contribution in [0.5, 0.6) is 0 Å². The molecule has 1 fully saturated rings. The molecule has 0 radical (unpaired) electrons. The Bertz CT molecular complexity index is 224. The van der Waals surface area contributed by atoms with Gasteiger partial charge in [-0.05, 0) is 13.8 Å². The van der Waals surface area contributed by atoms with E-state index in [1.54, 1.807) is 13.8 Å². The minimum absolute atomic E-state index is 0.0182. The minimum Gasteiger partial charge on any atom is -0.388 e. The van der Waals surface area contributed by atoms with Crippen LogP contribution in [0.1, 0.15) is 13.8 Å². The fraction of sp³-hybridized carbons (Fsp3) is 0.889. The van der Waals surface area contributed by atoms with Crippen LogP contribution in [-0.4, -0.2) is 58.8 Å². The zero-order valence-corrected chi connectivity index (χ0v) is 9.07. The van der Waals surface area contributed by atoms with Crippen LogP contribution in [0, 0.1) is 0 Å². The van der Waals surface area contributed by atoms with Crippen LogP contribution in [0.4, 0.5) is 0 Å². The van der Waals surface area contributed by atoms with Crippen molar-refractivity contribution in [2.75, 3.05) is 6.61 Å². The molecule has 0 aromatic rings. The lowest BCUT2D eigenvalue weighted by Gasteiger charge is -2.35. The lowest BCUT2D eigenvalue weighted by molar-refractivity contribution is -0.278. The van der Waals surface area contributed by atoms with Crippen LogP contribution in [0.3, 0.4) is 0 Å². The van der Waals surface area contributed by atoms with E-state index in [0.717, 1.165) is 0 Å². The molecule has 0 bridgehead atoms. The van der Waals surface area contributed by atoms with Gasteiger partial charge in [0.15, 0.2) is 6.29 Å². The van der Waals surface area contributed by atoms with Crippen molar-refractivity contribution in [2.45, 2.75) is 44.6 Å². The van der Waals surface area contributed by atoms with E-state index < -0.39 is 24.6 Å². The van der Waals surface area contributed by atoms with Gasteiger partial charge in [-0.25, -0.2) is 0 Å². The van der Waals surface area contributed by atoms with Crippen molar-refractivity contribution in [3.05, 3.63) is 0 Å². The highest BCUT2D eigenvalue weighted by Gasteiger charge is 2.38. The molecule has 0 aromatic carbocycles. The first kappa shape index (κ1) is 15.2. The maximum Gasteiger partial charge on any atom is 0.373 e. The molecule has 94 valence electrons. The second-order valence-electron chi connectivity index (χ2n) is 3.52. The average Bonchev–Trinajstić information content (AvgIpc) is 2.20. The number of aliphatic hydroxyl groups excluding tert-OH is 3. The van der Waals surface area contributed by atoms with Gasteiger partial charge in [0.2, 0.25) is 0 Å². The van der Waals surface area contributed by atoms with Crippen molar-refractivity contribution in [3.8, 4) is 0 Å². The van der Waals surface area contributed by atoms with E-state index >= 15 is 0 Å². The smallest absolute Gasteiger partial charge is 0.373 e. The highest BCUT2D eigenvalue weighted by atomic mass is 16.7. The van der Waals surface area contributed by atoms with Gasteiger partial charge in [-0.3, -0.25) is 0 Å². The first-order valence-electron chi connectivity index (χ1n) is 4.74. The van der Waals surface area contributed by atoms with Gasteiger partial charge >= 0.3 is 6.15 Å². The number of hydrogen-bond acceptors (Lipinski definition) is 7. The van der Waals surface area contributed by atoms with Crippen molar-refractivity contribution < 1.29 is 34.4 Å². The van der Waals surface area contributed by atoms with Crippen molar-refractivity contribution in [3.63, 3.8) is 0 Å². The van der Waals surface area contributed by atoms with Gasteiger partial charge in [0.25, 0.3) is 0 Å². The van der Waals surface area contributed by atoms with Gasteiger partial charge in [-0.15, -0.1) is 0 Å². The Morgan fingerprint density at radius 2 is 1.75 bits per heavy atom. The summed E-state index contributed by atoms with van der Waals surface area (Å²) in [5.41, 5.74) is 0. The third-order valence-electron chi connectivity index (χ3n) is 1.86. The maximum absolute atomic E-state index is 9.40. The van der Waals surface area contributed by atoms with E-state index in [9.17, 15) is 10.2 Å². The molecular formula is C9H16O7. The number of rotatable bonds is 2. The molecule has 0 aromatic heterocycles. The molecule has 0 saturated carbocycles. The first-order valence-corrected chi connectivity index (χ1v) is 4.74. The molecule has 7 heteroatoms. The molecule has 4 atom stereocenters. The quantitative estimate of drug-likeness (QED) is 0.522. The molecule has 0 aliphatic carbocycles. The van der Waals surface area contributed by atoms with E-state index in [1.165, 1.54) is 0 Å². The molecule has 16 heavy (non-hydrogen) atoms. The second-order valence-corrected chi connectivity index (χ2v) is 3.52. The molecule has 1 aliphatic rings. The average molecular weight is 236 g/mol. The van der Waals surface area contributed by atoms with Crippen molar-refractivity contribution in [1.82, 2.24) is 0 Å². The molecule has 0 spiro atoms. The summed E-state index contributed by atoms with van der Waals surface area (Å²) in [6, 6.07) is 0. The molecular weight excluding hydrogens is 220 g/mol. The van der Waals surface area contributed by atoms with E-state index in [1.807, 2.05) is 0 Å². The van der Waals surface area contributed by atoms with Gasteiger partial charge in [0.1, 0.15) is 18.3 Å². The summed E-state index contributed by atoms with van der Waals surface area (Å²) >= 11 is 0. The molecule has 1 saturated heterocycles. The fourth-order valence-electron chi connectivity index (χ4n) is 1.17. The van der Waals surface area contributed by atoms with E-state index in [0.29, 0.717) is 0 Å². The SMILES string of the molecule is CC(C)OC1OC[C@H](O)[C@H](O)C1O.O=C=O. The molecule has 1 rings (SSSR count). The van der Waals surface area contributed by atoms with E-state index in [2.05, 4.69) is 0 Å². The Hall–Kier alpha value is -0.820. The highest BCUT2D eigenvalue weighted by molar-refractivity contribution is 5.20. The Morgan fingerprint density at radius 3 is 2.19 bits per heavy atom. The van der Waals surface area contributed by atoms with Crippen molar-refractivity contribution >= 4 is 6.15 Å². The van der Waals surface area contributed by atoms with Gasteiger partial charge in [0.05, 0.1) is 12.7 Å². The minimum atomic E-state index is -1.20. The third kappa shape index (κ3) is 4.80. The van der Waals surface area contributed by atoms with Crippen LogP contribution in [-0.2, 0) is 19.1 Å². The molecule has 1 heterocycles. The Balaban J connectivity index is 0.000000673. The second kappa shape index (κ2) is 7.45. The summed E-state index contributed by atoms with van der Waals surface area (Å²) in [4.78, 5) is 16.2. The van der Waals surface area contributed by atoms with Gasteiger partial charge in [-0.2, -0.15) is 9.59 Å². The van der Waals surface area contributed by atoms with Gasteiger partial charge < -0.3 is 24.8 Å². The van der Waals surface area contributed by atoms with Crippen LogP contribution in [0.2, 0.25) is 0 Å². The summed E-state index contributed by atoms with van der Waals surface area (Å²) in [6.45, 7) is 3.58. The zero-order valence-electron chi connectivity index (χ0n) is 9.07. The fourth-order valence-corrected chi connectivity index (χ4v) is 1.17. The molecule has 2 unspecified atom stereocenters. The number of hydrogen-bond donors (Lipinski definition) is 3. The maximum atomic E-state index is 9.40. The van der Waals surface area contributed by atoms with Crippen molar-refractivity contribution in [2.24, 2.45) is 0 Å². The molecule has 7 nitrogen and oxygen atoms in total. The molecule has 0 amide bonds. The molecule has 3 N–H and O–H groups in total. The summed E-state index contributed by atoms with van der Waals surface area (Å²) in [5, 5.41) is 27.8. The predicted octanol–water partition coefficient (Wildman–Crippen LogP) is -1.73. The highest BCUT2D eigenvalue weighted by Crippen LogP contribution is 2.17. The first-order chi connectivity index (χ1) is 7.43. The lowest BCUT2D eigenvalue weighted by atomic mass is 10.1. The van der Waals surface area contributed by atoms with Crippen LogP contribution < -0.4 is 0 Å². The normalized spacial score (nSPS) is 33.9. The summed E-state index contributed by atoms with van der Waals surface area (Å²) in [7, 11) is 0. The van der Waals surface area contributed by atoms with Crippen LogP contribution >= 0.6 is 0 Å². The number of carbonyl (C=O) groups excluding carboxylic acids is 2.